The zero-order chi connectivity index (χ0) is 13.3. The number of rotatable bonds is 2. The number of hydrogen-bond donors (Lipinski definition) is 2. The molecule has 0 bridgehead atoms. The highest BCUT2D eigenvalue weighted by Gasteiger charge is 2.22. The largest absolute Gasteiger partial charge is 0.508 e. The molecule has 1 heterocycles. The molecule has 2 rings (SSSR count). The average Bonchev–Trinajstić information content (AvgIpc) is 2.28. The van der Waals surface area contributed by atoms with Crippen LogP contribution in [0.15, 0.2) is 18.2 Å². The minimum atomic E-state index is -2.88. The summed E-state index contributed by atoms with van der Waals surface area (Å²) in [5.74, 6) is 0.502. The molecular weight excluding hydrogens is 252 g/mol. The molecule has 0 saturated carbocycles. The number of sulfone groups is 1. The second-order valence-electron chi connectivity index (χ2n) is 4.67. The van der Waals surface area contributed by atoms with Crippen molar-refractivity contribution in [3.8, 4) is 5.75 Å². The Kier molecular flexibility index (Phi) is 3.49. The van der Waals surface area contributed by atoms with Crippen LogP contribution in [0.5, 0.6) is 5.75 Å². The van der Waals surface area contributed by atoms with Gasteiger partial charge < -0.3 is 15.7 Å². The van der Waals surface area contributed by atoms with E-state index >= 15 is 0 Å². The van der Waals surface area contributed by atoms with Gasteiger partial charge in [0.2, 0.25) is 0 Å². The van der Waals surface area contributed by atoms with Gasteiger partial charge in [0, 0.05) is 36.4 Å². The lowest BCUT2D eigenvalue weighted by Crippen LogP contribution is -2.40. The first-order valence-electron chi connectivity index (χ1n) is 5.93. The number of nitrogens with two attached hydrogens (primary N) is 1. The van der Waals surface area contributed by atoms with Gasteiger partial charge >= 0.3 is 0 Å². The van der Waals surface area contributed by atoms with Crippen molar-refractivity contribution in [2.75, 3.05) is 29.5 Å². The van der Waals surface area contributed by atoms with Crippen molar-refractivity contribution in [2.45, 2.75) is 13.0 Å². The van der Waals surface area contributed by atoms with Crippen molar-refractivity contribution in [1.82, 2.24) is 0 Å². The van der Waals surface area contributed by atoms with Gasteiger partial charge in [-0.25, -0.2) is 8.42 Å². The van der Waals surface area contributed by atoms with Crippen molar-refractivity contribution in [2.24, 2.45) is 5.73 Å². The summed E-state index contributed by atoms with van der Waals surface area (Å²) < 4.78 is 22.7. The summed E-state index contributed by atoms with van der Waals surface area (Å²) >= 11 is 0. The quantitative estimate of drug-likeness (QED) is 0.824. The predicted molar refractivity (Wildman–Crippen MR) is 71.6 cm³/mol. The summed E-state index contributed by atoms with van der Waals surface area (Å²) in [6.45, 7) is 2.75. The van der Waals surface area contributed by atoms with E-state index in [0.717, 1.165) is 5.69 Å². The van der Waals surface area contributed by atoms with Crippen LogP contribution in [0.3, 0.4) is 0 Å². The summed E-state index contributed by atoms with van der Waals surface area (Å²) in [6, 6.07) is 5.09. The van der Waals surface area contributed by atoms with Gasteiger partial charge in [0.1, 0.15) is 5.75 Å². The molecule has 3 N–H and O–H groups in total. The van der Waals surface area contributed by atoms with E-state index in [1.54, 1.807) is 12.1 Å². The minimum absolute atomic E-state index is 0.163. The fourth-order valence-electron chi connectivity index (χ4n) is 2.08. The number of phenols is 1. The van der Waals surface area contributed by atoms with E-state index in [4.69, 9.17) is 5.73 Å². The van der Waals surface area contributed by atoms with E-state index in [2.05, 4.69) is 0 Å². The molecule has 1 saturated heterocycles. The highest BCUT2D eigenvalue weighted by molar-refractivity contribution is 7.91. The molecule has 5 nitrogen and oxygen atoms in total. The third kappa shape index (κ3) is 2.76. The molecule has 18 heavy (non-hydrogen) atoms. The Morgan fingerprint density at radius 2 is 1.94 bits per heavy atom. The van der Waals surface area contributed by atoms with Gasteiger partial charge in [-0.3, -0.25) is 0 Å². The summed E-state index contributed by atoms with van der Waals surface area (Å²) in [6.07, 6.45) is 0. The van der Waals surface area contributed by atoms with Crippen molar-refractivity contribution in [1.29, 1.82) is 0 Å². The highest BCUT2D eigenvalue weighted by Crippen LogP contribution is 2.28. The Morgan fingerprint density at radius 3 is 2.44 bits per heavy atom. The number of nitrogens with zero attached hydrogens (tertiary/aromatic N) is 1. The average molecular weight is 270 g/mol. The van der Waals surface area contributed by atoms with E-state index in [-0.39, 0.29) is 23.3 Å². The maximum absolute atomic E-state index is 11.3. The molecule has 1 aliphatic rings. The molecule has 0 spiro atoms. The molecule has 0 radical (unpaired) electrons. The number of hydrogen-bond acceptors (Lipinski definition) is 5. The number of phenolic OH excluding ortho intramolecular Hbond substituents is 1. The first-order chi connectivity index (χ1) is 8.39. The number of aromatic hydroxyl groups is 1. The Hall–Kier alpha value is -1.27. The molecule has 6 heteroatoms. The first-order valence-corrected chi connectivity index (χ1v) is 7.75. The molecule has 1 fully saturated rings. The smallest absolute Gasteiger partial charge is 0.153 e. The van der Waals surface area contributed by atoms with E-state index < -0.39 is 9.84 Å². The van der Waals surface area contributed by atoms with Crippen LogP contribution in [0.25, 0.3) is 0 Å². The fourth-order valence-corrected chi connectivity index (χ4v) is 3.29. The highest BCUT2D eigenvalue weighted by atomic mass is 32.2. The fraction of sp³-hybridized carbons (Fsp3) is 0.500. The maximum Gasteiger partial charge on any atom is 0.153 e. The molecule has 1 aromatic carbocycles. The third-order valence-electron chi connectivity index (χ3n) is 3.21. The van der Waals surface area contributed by atoms with Crippen LogP contribution in [-0.2, 0) is 9.84 Å². The van der Waals surface area contributed by atoms with E-state index in [1.807, 2.05) is 17.9 Å². The van der Waals surface area contributed by atoms with Gasteiger partial charge in [-0.15, -0.1) is 0 Å². The first kappa shape index (κ1) is 13.2. The Balaban J connectivity index is 2.18. The zero-order valence-electron chi connectivity index (χ0n) is 10.3. The molecule has 1 aromatic rings. The predicted octanol–water partition coefficient (Wildman–Crippen LogP) is 0.647. The van der Waals surface area contributed by atoms with Gasteiger partial charge in [-0.2, -0.15) is 0 Å². The topological polar surface area (TPSA) is 83.6 Å². The van der Waals surface area contributed by atoms with Crippen LogP contribution in [0, 0.1) is 0 Å². The van der Waals surface area contributed by atoms with Crippen LogP contribution in [-0.4, -0.2) is 38.1 Å². The van der Waals surface area contributed by atoms with Gasteiger partial charge in [0.25, 0.3) is 0 Å². The standard InChI is InChI=1S/C12H18N2O3S/c1-9(13)11-3-2-10(8-12(11)15)14-4-6-18(16,17)7-5-14/h2-3,8-9,15H,4-7,13H2,1H3. The van der Waals surface area contributed by atoms with Gasteiger partial charge in [0.15, 0.2) is 9.84 Å². The lowest BCUT2D eigenvalue weighted by Gasteiger charge is -2.29. The lowest BCUT2D eigenvalue weighted by molar-refractivity contribution is 0.463. The van der Waals surface area contributed by atoms with Crippen molar-refractivity contribution in [3.05, 3.63) is 23.8 Å². The van der Waals surface area contributed by atoms with E-state index in [1.165, 1.54) is 0 Å². The van der Waals surface area contributed by atoms with E-state index in [9.17, 15) is 13.5 Å². The molecule has 100 valence electrons. The summed E-state index contributed by atoms with van der Waals surface area (Å²) in [7, 11) is -2.88. The minimum Gasteiger partial charge on any atom is -0.508 e. The monoisotopic (exact) mass is 270 g/mol. The maximum atomic E-state index is 11.3. The Labute approximate surface area is 107 Å². The molecule has 1 atom stereocenters. The molecular formula is C12H18N2O3S. The van der Waals surface area contributed by atoms with Gasteiger partial charge in [-0.05, 0) is 13.0 Å². The number of anilines is 1. The van der Waals surface area contributed by atoms with Crippen molar-refractivity contribution in [3.63, 3.8) is 0 Å². The van der Waals surface area contributed by atoms with Crippen LogP contribution < -0.4 is 10.6 Å². The van der Waals surface area contributed by atoms with Crippen molar-refractivity contribution < 1.29 is 13.5 Å². The normalized spacial score (nSPS) is 20.7. The van der Waals surface area contributed by atoms with Crippen LogP contribution in [0.2, 0.25) is 0 Å². The molecule has 0 aliphatic carbocycles. The lowest BCUT2D eigenvalue weighted by atomic mass is 10.1. The summed E-state index contributed by atoms with van der Waals surface area (Å²) in [4.78, 5) is 1.96. The van der Waals surface area contributed by atoms with Crippen LogP contribution in [0.4, 0.5) is 5.69 Å². The molecule has 0 aromatic heterocycles. The summed E-state index contributed by atoms with van der Waals surface area (Å²) in [5, 5.41) is 9.87. The Morgan fingerprint density at radius 1 is 1.33 bits per heavy atom. The second-order valence-corrected chi connectivity index (χ2v) is 6.97. The van der Waals surface area contributed by atoms with Crippen LogP contribution >= 0.6 is 0 Å². The van der Waals surface area contributed by atoms with Gasteiger partial charge in [0.05, 0.1) is 11.5 Å². The SMILES string of the molecule is CC(N)c1ccc(N2CCS(=O)(=O)CC2)cc1O. The third-order valence-corrected chi connectivity index (χ3v) is 4.82. The van der Waals surface area contributed by atoms with Crippen molar-refractivity contribution >= 4 is 15.5 Å². The number of benzene rings is 1. The Bertz CT molecular complexity index is 526. The molecule has 1 unspecified atom stereocenters. The second kappa shape index (κ2) is 4.78. The van der Waals surface area contributed by atoms with Gasteiger partial charge in [-0.1, -0.05) is 6.07 Å². The summed E-state index contributed by atoms with van der Waals surface area (Å²) in [5.41, 5.74) is 7.26. The molecule has 0 amide bonds. The zero-order valence-corrected chi connectivity index (χ0v) is 11.2. The molecule has 1 aliphatic heterocycles. The van der Waals surface area contributed by atoms with Crippen LogP contribution in [0.1, 0.15) is 18.5 Å². The van der Waals surface area contributed by atoms with E-state index in [0.29, 0.717) is 18.7 Å².